The van der Waals surface area contributed by atoms with Gasteiger partial charge in [-0.05, 0) is 35.3 Å². The fourth-order valence-electron chi connectivity index (χ4n) is 1.38. The van der Waals surface area contributed by atoms with Gasteiger partial charge in [-0.15, -0.1) is 0 Å². The molecule has 0 bridgehead atoms. The largest absolute Gasteiger partial charge is 0.468 e. The second-order valence-corrected chi connectivity index (χ2v) is 4.67. The van der Waals surface area contributed by atoms with Crippen molar-refractivity contribution >= 4 is 27.3 Å². The number of aromatic nitrogens is 1. The van der Waals surface area contributed by atoms with E-state index < -0.39 is 0 Å². The van der Waals surface area contributed by atoms with Gasteiger partial charge in [0, 0.05) is 11.4 Å². The molecule has 2 rings (SSSR count). The van der Waals surface area contributed by atoms with E-state index in [1.807, 2.05) is 5.38 Å². The van der Waals surface area contributed by atoms with Crippen molar-refractivity contribution in [1.29, 1.82) is 0 Å². The summed E-state index contributed by atoms with van der Waals surface area (Å²) in [7, 11) is 0. The lowest BCUT2D eigenvalue weighted by Gasteiger charge is -2.08. The lowest BCUT2D eigenvalue weighted by atomic mass is 10.2. The zero-order valence-corrected chi connectivity index (χ0v) is 9.53. The van der Waals surface area contributed by atoms with Gasteiger partial charge < -0.3 is 10.1 Å². The Morgan fingerprint density at radius 1 is 1.77 bits per heavy atom. The van der Waals surface area contributed by atoms with Crippen LogP contribution >= 0.6 is 27.3 Å². The smallest absolute Gasteiger partial charge is 0.274 e. The molecule has 0 amide bonds. The van der Waals surface area contributed by atoms with Crippen molar-refractivity contribution in [2.75, 3.05) is 13.2 Å². The van der Waals surface area contributed by atoms with Gasteiger partial charge in [-0.1, -0.05) is 11.3 Å². The van der Waals surface area contributed by atoms with Crippen LogP contribution in [-0.2, 0) is 0 Å². The van der Waals surface area contributed by atoms with Gasteiger partial charge in [0.1, 0.15) is 11.2 Å². The predicted molar refractivity (Wildman–Crippen MR) is 56.3 cm³/mol. The van der Waals surface area contributed by atoms with Crippen LogP contribution in [0, 0.1) is 0 Å². The molecule has 13 heavy (non-hydrogen) atoms. The zero-order valence-electron chi connectivity index (χ0n) is 7.12. The van der Waals surface area contributed by atoms with Crippen LogP contribution in [0.4, 0.5) is 0 Å². The molecule has 1 fully saturated rings. The van der Waals surface area contributed by atoms with Crippen LogP contribution < -0.4 is 10.1 Å². The maximum Gasteiger partial charge on any atom is 0.274 e. The molecule has 1 aromatic rings. The molecule has 3 nitrogen and oxygen atoms in total. The predicted octanol–water partition coefficient (Wildman–Crippen LogP) is 2.04. The minimum atomic E-state index is 0.516. The summed E-state index contributed by atoms with van der Waals surface area (Å²) in [6.45, 7) is 1.86. The van der Waals surface area contributed by atoms with Crippen LogP contribution in [0.1, 0.15) is 12.8 Å². The van der Waals surface area contributed by atoms with Gasteiger partial charge in [-0.3, -0.25) is 0 Å². The van der Waals surface area contributed by atoms with E-state index in [1.54, 1.807) is 0 Å². The molecule has 72 valence electrons. The van der Waals surface area contributed by atoms with Crippen LogP contribution in [0.2, 0.25) is 0 Å². The molecule has 0 aliphatic carbocycles. The molecule has 1 saturated heterocycles. The molecule has 1 aromatic heterocycles. The minimum absolute atomic E-state index is 0.516. The average molecular weight is 263 g/mol. The summed E-state index contributed by atoms with van der Waals surface area (Å²) < 4.78 is 6.38. The summed E-state index contributed by atoms with van der Waals surface area (Å²) in [6, 6.07) is 0.516. The van der Waals surface area contributed by atoms with Crippen LogP contribution in [-0.4, -0.2) is 24.2 Å². The molecular formula is C8H11BrN2OS. The maximum absolute atomic E-state index is 5.53. The first kappa shape index (κ1) is 9.43. The van der Waals surface area contributed by atoms with E-state index in [1.165, 1.54) is 24.2 Å². The minimum Gasteiger partial charge on any atom is -0.468 e. The monoisotopic (exact) mass is 262 g/mol. The van der Waals surface area contributed by atoms with Gasteiger partial charge in [0.2, 0.25) is 0 Å². The zero-order chi connectivity index (χ0) is 9.10. The Balaban J connectivity index is 1.78. The number of hydrogen-bond acceptors (Lipinski definition) is 4. The highest BCUT2D eigenvalue weighted by molar-refractivity contribution is 9.10. The Kier molecular flexibility index (Phi) is 3.18. The highest BCUT2D eigenvalue weighted by atomic mass is 79.9. The number of rotatable bonds is 3. The van der Waals surface area contributed by atoms with E-state index in [2.05, 4.69) is 26.2 Å². The van der Waals surface area contributed by atoms with Gasteiger partial charge in [0.25, 0.3) is 5.19 Å². The van der Waals surface area contributed by atoms with E-state index >= 15 is 0 Å². The molecule has 0 spiro atoms. The van der Waals surface area contributed by atoms with E-state index in [4.69, 9.17) is 4.74 Å². The van der Waals surface area contributed by atoms with E-state index in [0.29, 0.717) is 6.04 Å². The van der Waals surface area contributed by atoms with Gasteiger partial charge in [0.05, 0.1) is 0 Å². The SMILES string of the molecule is Brc1csc(OCC2CCCN2)n1. The molecule has 1 aliphatic rings. The van der Waals surface area contributed by atoms with E-state index in [0.717, 1.165) is 22.9 Å². The Morgan fingerprint density at radius 3 is 3.31 bits per heavy atom. The molecule has 1 N–H and O–H groups in total. The quantitative estimate of drug-likeness (QED) is 0.906. The van der Waals surface area contributed by atoms with Crippen molar-refractivity contribution in [2.45, 2.75) is 18.9 Å². The summed E-state index contributed by atoms with van der Waals surface area (Å²) in [5.41, 5.74) is 0. The molecule has 0 saturated carbocycles. The topological polar surface area (TPSA) is 34.1 Å². The van der Waals surface area contributed by atoms with Gasteiger partial charge >= 0.3 is 0 Å². The van der Waals surface area contributed by atoms with Gasteiger partial charge in [0.15, 0.2) is 0 Å². The first-order valence-electron chi connectivity index (χ1n) is 4.32. The third-order valence-corrected chi connectivity index (χ3v) is 3.49. The molecule has 2 heterocycles. The van der Waals surface area contributed by atoms with Crippen molar-refractivity contribution in [3.63, 3.8) is 0 Å². The Bertz CT molecular complexity index is 273. The molecule has 5 heteroatoms. The first-order valence-corrected chi connectivity index (χ1v) is 5.99. The summed E-state index contributed by atoms with van der Waals surface area (Å²) in [5, 5.41) is 6.05. The van der Waals surface area contributed by atoms with Crippen molar-refractivity contribution in [1.82, 2.24) is 10.3 Å². The van der Waals surface area contributed by atoms with Crippen LogP contribution in [0.3, 0.4) is 0 Å². The third-order valence-electron chi connectivity index (χ3n) is 2.03. The fraction of sp³-hybridized carbons (Fsp3) is 0.625. The second kappa shape index (κ2) is 4.39. The van der Waals surface area contributed by atoms with Crippen molar-refractivity contribution in [3.05, 3.63) is 9.98 Å². The maximum atomic E-state index is 5.53. The number of nitrogens with one attached hydrogen (secondary N) is 1. The van der Waals surface area contributed by atoms with Crippen molar-refractivity contribution in [3.8, 4) is 5.19 Å². The molecule has 1 atom stereocenters. The van der Waals surface area contributed by atoms with Crippen LogP contribution in [0.5, 0.6) is 5.19 Å². The van der Waals surface area contributed by atoms with E-state index in [9.17, 15) is 0 Å². The van der Waals surface area contributed by atoms with Crippen LogP contribution in [0.25, 0.3) is 0 Å². The van der Waals surface area contributed by atoms with Crippen LogP contribution in [0.15, 0.2) is 9.98 Å². The number of thiazole rings is 1. The highest BCUT2D eigenvalue weighted by Gasteiger charge is 2.14. The molecular weight excluding hydrogens is 252 g/mol. The summed E-state index contributed by atoms with van der Waals surface area (Å²) in [6.07, 6.45) is 2.47. The third kappa shape index (κ3) is 2.65. The van der Waals surface area contributed by atoms with Gasteiger partial charge in [-0.2, -0.15) is 4.98 Å². The lowest BCUT2D eigenvalue weighted by Crippen LogP contribution is -2.28. The average Bonchev–Trinajstić information content (AvgIpc) is 2.71. The summed E-state index contributed by atoms with van der Waals surface area (Å²) in [4.78, 5) is 4.16. The standard InChI is InChI=1S/C8H11BrN2OS/c9-7-5-13-8(11-7)12-4-6-2-1-3-10-6/h5-6,10H,1-4H2. The van der Waals surface area contributed by atoms with E-state index in [-0.39, 0.29) is 0 Å². The lowest BCUT2D eigenvalue weighted by molar-refractivity contribution is 0.275. The summed E-state index contributed by atoms with van der Waals surface area (Å²) in [5.74, 6) is 0. The number of nitrogens with zero attached hydrogens (tertiary/aromatic N) is 1. The number of halogens is 1. The first-order chi connectivity index (χ1) is 6.34. The molecule has 1 unspecified atom stereocenters. The van der Waals surface area contributed by atoms with Crippen molar-refractivity contribution < 1.29 is 4.74 Å². The summed E-state index contributed by atoms with van der Waals surface area (Å²) >= 11 is 4.81. The molecule has 0 aromatic carbocycles. The second-order valence-electron chi connectivity index (χ2n) is 3.04. The molecule has 1 aliphatic heterocycles. The normalized spacial score (nSPS) is 22.1. The Hall–Kier alpha value is -0.130. The Labute approximate surface area is 89.6 Å². The van der Waals surface area contributed by atoms with Gasteiger partial charge in [-0.25, -0.2) is 0 Å². The number of ether oxygens (including phenoxy) is 1. The highest BCUT2D eigenvalue weighted by Crippen LogP contribution is 2.22. The Morgan fingerprint density at radius 2 is 2.69 bits per heavy atom. The molecule has 0 radical (unpaired) electrons. The number of hydrogen-bond donors (Lipinski definition) is 1. The van der Waals surface area contributed by atoms with Crippen molar-refractivity contribution in [2.24, 2.45) is 0 Å². The fourth-order valence-corrected chi connectivity index (χ4v) is 2.47.